The summed E-state index contributed by atoms with van der Waals surface area (Å²) < 4.78 is 11.4. The maximum absolute atomic E-state index is 12.3. The van der Waals surface area contributed by atoms with E-state index < -0.39 is 0 Å². The van der Waals surface area contributed by atoms with E-state index in [-0.39, 0.29) is 12.5 Å². The summed E-state index contributed by atoms with van der Waals surface area (Å²) in [7, 11) is 0. The van der Waals surface area contributed by atoms with Gasteiger partial charge in [0.15, 0.2) is 12.2 Å². The molecular formula is C24H17ClN2O3. The first kappa shape index (κ1) is 19.6. The van der Waals surface area contributed by atoms with E-state index in [9.17, 15) is 4.79 Å². The molecule has 0 aliphatic heterocycles. The Balaban J connectivity index is 1.51. The molecule has 1 heterocycles. The summed E-state index contributed by atoms with van der Waals surface area (Å²) in [5.74, 6) is 3.39. The fourth-order valence-electron chi connectivity index (χ4n) is 3.00. The second-order valence-electron chi connectivity index (χ2n) is 6.64. The van der Waals surface area contributed by atoms with Crippen LogP contribution in [0.5, 0.6) is 5.75 Å². The average molecular weight is 417 g/mol. The summed E-state index contributed by atoms with van der Waals surface area (Å²) in [5.41, 5.74) is 3.98. The van der Waals surface area contributed by atoms with Crippen molar-refractivity contribution in [1.82, 2.24) is 4.98 Å². The maximum Gasteiger partial charge on any atom is 0.262 e. The number of anilines is 1. The summed E-state index contributed by atoms with van der Waals surface area (Å²) in [5, 5.41) is 3.37. The first-order valence-electron chi connectivity index (χ1n) is 9.19. The standard InChI is InChI=1S/C24H17ClN2O3/c1-3-16-12-18(26-23(28)14-29-21-7-5-4-6-15(21)2)9-10-19(16)24-27-20-13-17(25)8-11-22(20)30-24/h1,4-13H,14H2,2H3,(H,26,28). The zero-order valence-corrected chi connectivity index (χ0v) is 16.9. The quantitative estimate of drug-likeness (QED) is 0.439. The van der Waals surface area contributed by atoms with Crippen LogP contribution in [0.15, 0.2) is 65.1 Å². The molecule has 0 spiro atoms. The highest BCUT2D eigenvalue weighted by Gasteiger charge is 2.14. The van der Waals surface area contributed by atoms with Crippen LogP contribution in [0.2, 0.25) is 5.02 Å². The van der Waals surface area contributed by atoms with Crippen LogP contribution in [-0.4, -0.2) is 17.5 Å². The number of carbonyl (C=O) groups is 1. The number of ether oxygens (including phenoxy) is 1. The molecular weight excluding hydrogens is 400 g/mol. The lowest BCUT2D eigenvalue weighted by Gasteiger charge is -2.10. The van der Waals surface area contributed by atoms with Crippen molar-refractivity contribution in [3.63, 3.8) is 0 Å². The molecule has 0 atom stereocenters. The number of nitrogens with one attached hydrogen (secondary N) is 1. The first-order valence-corrected chi connectivity index (χ1v) is 9.56. The van der Waals surface area contributed by atoms with E-state index in [0.717, 1.165) is 5.56 Å². The lowest BCUT2D eigenvalue weighted by molar-refractivity contribution is -0.118. The molecule has 0 aliphatic carbocycles. The molecule has 5 nitrogen and oxygen atoms in total. The third-order valence-corrected chi connectivity index (χ3v) is 4.73. The second-order valence-corrected chi connectivity index (χ2v) is 7.07. The van der Waals surface area contributed by atoms with E-state index >= 15 is 0 Å². The Morgan fingerprint density at radius 3 is 2.83 bits per heavy atom. The number of oxazole rings is 1. The van der Waals surface area contributed by atoms with Crippen LogP contribution in [0.3, 0.4) is 0 Å². The van der Waals surface area contributed by atoms with Crippen LogP contribution >= 0.6 is 11.6 Å². The van der Waals surface area contributed by atoms with Gasteiger partial charge in [0.1, 0.15) is 11.3 Å². The van der Waals surface area contributed by atoms with Crippen LogP contribution in [0, 0.1) is 19.3 Å². The predicted octanol–water partition coefficient (Wildman–Crippen LogP) is 5.46. The monoisotopic (exact) mass is 416 g/mol. The molecule has 0 radical (unpaired) electrons. The Morgan fingerprint density at radius 1 is 1.20 bits per heavy atom. The topological polar surface area (TPSA) is 64.4 Å². The highest BCUT2D eigenvalue weighted by molar-refractivity contribution is 6.31. The van der Waals surface area contributed by atoms with E-state index in [4.69, 9.17) is 27.2 Å². The van der Waals surface area contributed by atoms with Gasteiger partial charge in [-0.25, -0.2) is 4.98 Å². The zero-order chi connectivity index (χ0) is 21.1. The van der Waals surface area contributed by atoms with Crippen molar-refractivity contribution in [2.24, 2.45) is 0 Å². The Morgan fingerprint density at radius 2 is 2.03 bits per heavy atom. The van der Waals surface area contributed by atoms with Gasteiger partial charge >= 0.3 is 0 Å². The Hall–Kier alpha value is -3.75. The number of para-hydroxylation sites is 1. The van der Waals surface area contributed by atoms with Crippen molar-refractivity contribution in [3.8, 4) is 29.5 Å². The number of rotatable bonds is 5. The second kappa shape index (κ2) is 8.32. The van der Waals surface area contributed by atoms with E-state index in [0.29, 0.717) is 44.6 Å². The maximum atomic E-state index is 12.3. The van der Waals surface area contributed by atoms with Gasteiger partial charge in [-0.3, -0.25) is 4.79 Å². The highest BCUT2D eigenvalue weighted by atomic mass is 35.5. The molecule has 0 saturated carbocycles. The minimum atomic E-state index is -0.287. The Bertz CT molecular complexity index is 1290. The molecule has 4 rings (SSSR count). The number of aromatic nitrogens is 1. The predicted molar refractivity (Wildman–Crippen MR) is 118 cm³/mol. The lowest BCUT2D eigenvalue weighted by atomic mass is 10.1. The number of fused-ring (bicyclic) bond motifs is 1. The number of halogens is 1. The van der Waals surface area contributed by atoms with Gasteiger partial charge in [0.25, 0.3) is 5.91 Å². The molecule has 148 valence electrons. The van der Waals surface area contributed by atoms with Gasteiger partial charge in [0, 0.05) is 16.3 Å². The molecule has 1 N–H and O–H groups in total. The van der Waals surface area contributed by atoms with Crippen molar-refractivity contribution in [2.45, 2.75) is 6.92 Å². The number of benzene rings is 3. The van der Waals surface area contributed by atoms with Crippen molar-refractivity contribution >= 4 is 34.3 Å². The van der Waals surface area contributed by atoms with Crippen LogP contribution in [-0.2, 0) is 4.79 Å². The molecule has 6 heteroatoms. The van der Waals surface area contributed by atoms with Gasteiger partial charge < -0.3 is 14.5 Å². The van der Waals surface area contributed by atoms with Crippen molar-refractivity contribution in [1.29, 1.82) is 0 Å². The number of nitrogens with zero attached hydrogens (tertiary/aromatic N) is 1. The number of hydrogen-bond donors (Lipinski definition) is 1. The first-order chi connectivity index (χ1) is 14.5. The van der Waals surface area contributed by atoms with Crippen molar-refractivity contribution in [2.75, 3.05) is 11.9 Å². The molecule has 0 saturated heterocycles. The van der Waals surface area contributed by atoms with Gasteiger partial charge in [0.2, 0.25) is 5.89 Å². The van der Waals surface area contributed by atoms with E-state index in [1.807, 2.05) is 31.2 Å². The van der Waals surface area contributed by atoms with Crippen LogP contribution in [0.1, 0.15) is 11.1 Å². The number of amides is 1. The lowest BCUT2D eigenvalue weighted by Crippen LogP contribution is -2.20. The summed E-state index contributed by atoms with van der Waals surface area (Å²) >= 11 is 6.01. The smallest absolute Gasteiger partial charge is 0.262 e. The molecule has 1 aromatic heterocycles. The normalized spacial score (nSPS) is 10.6. The Labute approximate surface area is 178 Å². The molecule has 0 bridgehead atoms. The van der Waals surface area contributed by atoms with Crippen molar-refractivity contribution < 1.29 is 13.9 Å². The molecule has 30 heavy (non-hydrogen) atoms. The molecule has 0 aliphatic rings. The highest BCUT2D eigenvalue weighted by Crippen LogP contribution is 2.29. The van der Waals surface area contributed by atoms with Crippen LogP contribution in [0.25, 0.3) is 22.6 Å². The third kappa shape index (κ3) is 4.14. The SMILES string of the molecule is C#Cc1cc(NC(=O)COc2ccccc2C)ccc1-c1nc2cc(Cl)ccc2o1. The fraction of sp³-hybridized carbons (Fsp3) is 0.0833. The fourth-order valence-corrected chi connectivity index (χ4v) is 3.17. The van der Waals surface area contributed by atoms with Gasteiger partial charge in [0.05, 0.1) is 5.56 Å². The molecule has 1 amide bonds. The van der Waals surface area contributed by atoms with Crippen LogP contribution in [0.4, 0.5) is 5.69 Å². The largest absolute Gasteiger partial charge is 0.483 e. The summed E-state index contributed by atoms with van der Waals surface area (Å²) in [4.78, 5) is 16.7. The number of terminal acetylenes is 1. The summed E-state index contributed by atoms with van der Waals surface area (Å²) in [6.45, 7) is 1.81. The van der Waals surface area contributed by atoms with E-state index in [2.05, 4.69) is 16.2 Å². The van der Waals surface area contributed by atoms with Crippen molar-refractivity contribution in [3.05, 3.63) is 76.8 Å². The minimum Gasteiger partial charge on any atom is -0.483 e. The van der Waals surface area contributed by atoms with Gasteiger partial charge in [-0.1, -0.05) is 35.7 Å². The van der Waals surface area contributed by atoms with E-state index in [1.165, 1.54) is 0 Å². The van der Waals surface area contributed by atoms with Crippen LogP contribution < -0.4 is 10.1 Å². The van der Waals surface area contributed by atoms with Gasteiger partial charge in [-0.05, 0) is 55.0 Å². The number of aryl methyl sites for hydroxylation is 1. The molecule has 0 fully saturated rings. The molecule has 0 unspecified atom stereocenters. The molecule has 4 aromatic rings. The Kier molecular flexibility index (Phi) is 5.42. The zero-order valence-electron chi connectivity index (χ0n) is 16.1. The average Bonchev–Trinajstić information content (AvgIpc) is 3.16. The summed E-state index contributed by atoms with van der Waals surface area (Å²) in [6.07, 6.45) is 5.68. The summed E-state index contributed by atoms with van der Waals surface area (Å²) in [6, 6.07) is 17.9. The minimum absolute atomic E-state index is 0.107. The third-order valence-electron chi connectivity index (χ3n) is 4.49. The number of hydrogen-bond acceptors (Lipinski definition) is 4. The van der Waals surface area contributed by atoms with E-state index in [1.54, 1.807) is 36.4 Å². The molecule has 3 aromatic carbocycles. The number of carbonyl (C=O) groups excluding carboxylic acids is 1. The van der Waals surface area contributed by atoms with Gasteiger partial charge in [-0.2, -0.15) is 0 Å². The van der Waals surface area contributed by atoms with Gasteiger partial charge in [-0.15, -0.1) is 6.42 Å².